The van der Waals surface area contributed by atoms with E-state index in [1.165, 1.54) is 0 Å². The third kappa shape index (κ3) is 2.92. The lowest BCUT2D eigenvalue weighted by Crippen LogP contribution is -2.62. The highest BCUT2D eigenvalue weighted by Gasteiger charge is 2.41. The number of likely N-dealkylation sites (tertiary alicyclic amines) is 1. The van der Waals surface area contributed by atoms with Gasteiger partial charge in [-0.25, -0.2) is 4.79 Å². The van der Waals surface area contributed by atoms with Gasteiger partial charge < -0.3 is 10.1 Å². The molecule has 17 heavy (non-hydrogen) atoms. The number of alkyl carbamates (subject to hydrolysis) is 1. The second kappa shape index (κ2) is 5.92. The second-order valence-corrected chi connectivity index (χ2v) is 4.35. The Labute approximate surface area is 104 Å². The van der Waals surface area contributed by atoms with E-state index in [9.17, 15) is 4.79 Å². The Morgan fingerprint density at radius 2 is 2.06 bits per heavy atom. The first-order valence-electron chi connectivity index (χ1n) is 6.29. The van der Waals surface area contributed by atoms with Crippen LogP contribution in [0.4, 0.5) is 4.79 Å². The predicted octanol–water partition coefficient (Wildman–Crippen LogP) is 1.61. The predicted molar refractivity (Wildman–Crippen MR) is 67.7 cm³/mol. The van der Waals surface area contributed by atoms with E-state index >= 15 is 0 Å². The molecule has 1 amide bonds. The van der Waals surface area contributed by atoms with E-state index in [-0.39, 0.29) is 17.7 Å². The maximum Gasteiger partial charge on any atom is 0.407 e. The van der Waals surface area contributed by atoms with Crippen molar-refractivity contribution < 1.29 is 9.53 Å². The van der Waals surface area contributed by atoms with Crippen molar-refractivity contribution in [2.45, 2.75) is 45.3 Å². The van der Waals surface area contributed by atoms with Crippen molar-refractivity contribution in [3.05, 3.63) is 0 Å². The van der Waals surface area contributed by atoms with Crippen LogP contribution in [-0.2, 0) is 4.74 Å². The van der Waals surface area contributed by atoms with Crippen LogP contribution < -0.4 is 5.32 Å². The van der Waals surface area contributed by atoms with E-state index < -0.39 is 0 Å². The molecule has 0 aromatic heterocycles. The molecule has 1 fully saturated rings. The molecule has 0 radical (unpaired) electrons. The molecule has 0 aromatic carbocycles. The van der Waals surface area contributed by atoms with Crippen LogP contribution in [0.15, 0.2) is 0 Å². The minimum atomic E-state index is -0.337. The molecule has 1 heterocycles. The van der Waals surface area contributed by atoms with Crippen LogP contribution in [0, 0.1) is 12.3 Å². The Hall–Kier alpha value is -1.21. The highest BCUT2D eigenvalue weighted by Crippen LogP contribution is 2.29. The van der Waals surface area contributed by atoms with E-state index in [2.05, 4.69) is 30.0 Å². The van der Waals surface area contributed by atoms with Crippen molar-refractivity contribution in [2.24, 2.45) is 0 Å². The first-order valence-corrected chi connectivity index (χ1v) is 6.29. The van der Waals surface area contributed by atoms with Crippen LogP contribution in [-0.4, -0.2) is 42.3 Å². The third-order valence-corrected chi connectivity index (χ3v) is 3.49. The van der Waals surface area contributed by atoms with Crippen LogP contribution in [0.25, 0.3) is 0 Å². The third-order valence-electron chi connectivity index (χ3n) is 3.49. The number of nitrogens with one attached hydrogen (secondary N) is 1. The van der Waals surface area contributed by atoms with Crippen molar-refractivity contribution >= 4 is 6.09 Å². The molecule has 1 rings (SSSR count). The lowest BCUT2D eigenvalue weighted by atomic mass is 9.88. The summed E-state index contributed by atoms with van der Waals surface area (Å²) in [5.41, 5.74) is -0.166. The molecule has 1 aliphatic rings. The smallest absolute Gasteiger partial charge is 0.407 e. The molecule has 0 aromatic rings. The molecule has 4 nitrogen and oxygen atoms in total. The van der Waals surface area contributed by atoms with E-state index in [0.29, 0.717) is 6.54 Å². The highest BCUT2D eigenvalue weighted by atomic mass is 16.6. The molecular formula is C13H22N2O2. The first kappa shape index (κ1) is 13.9. The summed E-state index contributed by atoms with van der Waals surface area (Å²) in [5.74, 6) is 2.89. The van der Waals surface area contributed by atoms with Gasteiger partial charge in [0.1, 0.15) is 6.10 Å². The first-order chi connectivity index (χ1) is 8.11. The lowest BCUT2D eigenvalue weighted by molar-refractivity contribution is -0.0565. The van der Waals surface area contributed by atoms with Gasteiger partial charge in [0, 0.05) is 19.6 Å². The molecule has 4 heteroatoms. The summed E-state index contributed by atoms with van der Waals surface area (Å²) in [7, 11) is 0. The van der Waals surface area contributed by atoms with Gasteiger partial charge in [-0.15, -0.1) is 6.42 Å². The van der Waals surface area contributed by atoms with Gasteiger partial charge in [0.2, 0.25) is 0 Å². The van der Waals surface area contributed by atoms with Crippen molar-refractivity contribution in [2.75, 3.05) is 19.6 Å². The zero-order valence-electron chi connectivity index (χ0n) is 11.0. The molecule has 1 saturated heterocycles. The maximum atomic E-state index is 11.2. The number of carbonyl (C=O) groups is 1. The van der Waals surface area contributed by atoms with Gasteiger partial charge in [0.05, 0.1) is 5.54 Å². The fourth-order valence-electron chi connectivity index (χ4n) is 2.19. The Morgan fingerprint density at radius 3 is 2.47 bits per heavy atom. The minimum Gasteiger partial charge on any atom is -0.444 e. The normalized spacial score (nSPS) is 17.1. The maximum absolute atomic E-state index is 11.2. The minimum absolute atomic E-state index is 0.0209. The van der Waals surface area contributed by atoms with Crippen LogP contribution in [0.1, 0.15) is 33.6 Å². The number of nitrogens with zero attached hydrogens (tertiary/aromatic N) is 1. The monoisotopic (exact) mass is 238 g/mol. The number of hydrogen-bond acceptors (Lipinski definition) is 3. The van der Waals surface area contributed by atoms with Crippen LogP contribution in [0.2, 0.25) is 0 Å². The summed E-state index contributed by atoms with van der Waals surface area (Å²) in [6, 6.07) is 0. The van der Waals surface area contributed by atoms with E-state index in [1.54, 1.807) is 0 Å². The lowest BCUT2D eigenvalue weighted by Gasteiger charge is -2.48. The SMILES string of the molecule is C#CC(CC)(CC)N1CC(OC(=O)NCC)C1. The zero-order valence-corrected chi connectivity index (χ0v) is 11.0. The summed E-state index contributed by atoms with van der Waals surface area (Å²) in [4.78, 5) is 13.4. The fraction of sp³-hybridized carbons (Fsp3) is 0.769. The van der Waals surface area contributed by atoms with Gasteiger partial charge in [-0.1, -0.05) is 19.8 Å². The van der Waals surface area contributed by atoms with Gasteiger partial charge in [0.25, 0.3) is 0 Å². The quantitative estimate of drug-likeness (QED) is 0.740. The number of ether oxygens (including phenoxy) is 1. The molecule has 0 unspecified atom stereocenters. The molecule has 0 bridgehead atoms. The number of rotatable bonds is 5. The molecule has 1 N–H and O–H groups in total. The number of hydrogen-bond donors (Lipinski definition) is 1. The van der Waals surface area contributed by atoms with Crippen LogP contribution in [0.5, 0.6) is 0 Å². The van der Waals surface area contributed by atoms with Crippen LogP contribution in [0.3, 0.4) is 0 Å². The Morgan fingerprint density at radius 1 is 1.47 bits per heavy atom. The number of carbonyl (C=O) groups excluding carboxylic acids is 1. The molecular weight excluding hydrogens is 216 g/mol. The van der Waals surface area contributed by atoms with Crippen molar-refractivity contribution in [3.63, 3.8) is 0 Å². The summed E-state index contributed by atoms with van der Waals surface area (Å²) in [6.45, 7) is 8.13. The van der Waals surface area contributed by atoms with Gasteiger partial charge in [0.15, 0.2) is 0 Å². The highest BCUT2D eigenvalue weighted by molar-refractivity contribution is 5.67. The molecule has 0 atom stereocenters. The topological polar surface area (TPSA) is 41.6 Å². The Bertz CT molecular complexity index is 299. The van der Waals surface area contributed by atoms with E-state index in [4.69, 9.17) is 11.2 Å². The van der Waals surface area contributed by atoms with Gasteiger partial charge in [-0.05, 0) is 19.8 Å². The van der Waals surface area contributed by atoms with Gasteiger partial charge in [-0.3, -0.25) is 4.90 Å². The van der Waals surface area contributed by atoms with Crippen molar-refractivity contribution in [3.8, 4) is 12.3 Å². The Kier molecular flexibility index (Phi) is 4.83. The fourth-order valence-corrected chi connectivity index (χ4v) is 2.19. The molecule has 0 spiro atoms. The molecule has 1 aliphatic heterocycles. The number of amides is 1. The summed E-state index contributed by atoms with van der Waals surface area (Å²) < 4.78 is 5.23. The summed E-state index contributed by atoms with van der Waals surface area (Å²) in [5, 5.41) is 2.62. The van der Waals surface area contributed by atoms with Crippen LogP contribution >= 0.6 is 0 Å². The summed E-state index contributed by atoms with van der Waals surface area (Å²) in [6.07, 6.45) is 7.11. The molecule has 0 saturated carbocycles. The van der Waals surface area contributed by atoms with Gasteiger partial charge in [-0.2, -0.15) is 0 Å². The Balaban J connectivity index is 2.41. The van der Waals surface area contributed by atoms with Gasteiger partial charge >= 0.3 is 6.09 Å². The standard InChI is InChI=1S/C13H22N2O2/c1-5-13(6-2,7-3)15-9-11(10-15)17-12(16)14-8-4/h1,11H,6-10H2,2-4H3,(H,14,16). The average Bonchev–Trinajstić information content (AvgIpc) is 2.28. The average molecular weight is 238 g/mol. The van der Waals surface area contributed by atoms with Crippen molar-refractivity contribution in [1.82, 2.24) is 10.2 Å². The molecule has 0 aliphatic carbocycles. The largest absolute Gasteiger partial charge is 0.444 e. The molecule has 96 valence electrons. The van der Waals surface area contributed by atoms with E-state index in [0.717, 1.165) is 25.9 Å². The second-order valence-electron chi connectivity index (χ2n) is 4.35. The number of terminal acetylenes is 1. The zero-order chi connectivity index (χ0) is 12.9. The van der Waals surface area contributed by atoms with E-state index in [1.807, 2.05) is 6.92 Å². The summed E-state index contributed by atoms with van der Waals surface area (Å²) >= 11 is 0. The van der Waals surface area contributed by atoms with Crippen molar-refractivity contribution in [1.29, 1.82) is 0 Å².